The Morgan fingerprint density at radius 3 is 2.59 bits per heavy atom. The van der Waals surface area contributed by atoms with Crippen LogP contribution in [0.2, 0.25) is 5.02 Å². The number of nitrogens with two attached hydrogens (primary N) is 1. The number of anilines is 2. The van der Waals surface area contributed by atoms with Gasteiger partial charge in [0.1, 0.15) is 34.8 Å². The van der Waals surface area contributed by atoms with Crippen molar-refractivity contribution in [2.45, 2.75) is 32.7 Å². The number of benzene rings is 2. The summed E-state index contributed by atoms with van der Waals surface area (Å²) in [4.78, 5) is 17.5. The van der Waals surface area contributed by atoms with Gasteiger partial charge in [-0.05, 0) is 54.8 Å². The van der Waals surface area contributed by atoms with E-state index in [0.29, 0.717) is 30.2 Å². The third-order valence-electron chi connectivity index (χ3n) is 6.03. The van der Waals surface area contributed by atoms with Gasteiger partial charge in [-0.25, -0.2) is 13.8 Å². The van der Waals surface area contributed by atoms with E-state index in [0.717, 1.165) is 11.4 Å². The average Bonchev–Trinajstić information content (AvgIpc) is 3.13. The molecular formula is C24H25ClF2N4O. The minimum atomic E-state index is -0.535. The molecule has 0 fully saturated rings. The number of carbonyl (C=O) groups is 1. The molecule has 3 N–H and O–H groups in total. The number of nitrogens with one attached hydrogen (secondary N) is 1. The van der Waals surface area contributed by atoms with Gasteiger partial charge in [0.05, 0.1) is 11.6 Å². The van der Waals surface area contributed by atoms with Crippen molar-refractivity contribution < 1.29 is 13.6 Å². The van der Waals surface area contributed by atoms with Gasteiger partial charge in [0, 0.05) is 29.6 Å². The molecule has 32 heavy (non-hydrogen) atoms. The third-order valence-corrected chi connectivity index (χ3v) is 6.33. The van der Waals surface area contributed by atoms with Gasteiger partial charge in [-0.3, -0.25) is 4.79 Å². The maximum atomic E-state index is 14.1. The second kappa shape index (κ2) is 9.00. The van der Waals surface area contributed by atoms with Gasteiger partial charge < -0.3 is 15.6 Å². The van der Waals surface area contributed by atoms with Gasteiger partial charge in [0.15, 0.2) is 0 Å². The van der Waals surface area contributed by atoms with E-state index in [9.17, 15) is 13.6 Å². The summed E-state index contributed by atoms with van der Waals surface area (Å²) in [7, 11) is 0. The lowest BCUT2D eigenvalue weighted by atomic mass is 9.76. The Morgan fingerprint density at radius 1 is 1.25 bits per heavy atom. The first-order chi connectivity index (χ1) is 15.3. The SMILES string of the molecule is CC(C)[C@H]1c2nc(-c3ccc(F)cc3)c(Nc3ccc(Cl)c(F)c3)n2CCC1C(=O)CN. The Bertz CT molecular complexity index is 1140. The molecule has 4 rings (SSSR count). The lowest BCUT2D eigenvalue weighted by Crippen LogP contribution is -2.36. The standard InChI is InChI=1S/C24H25ClF2N4O/c1-13(2)21-17(20(32)12-28)9-10-31-23(21)30-22(14-3-5-15(26)6-4-14)24(31)29-16-7-8-18(25)19(27)11-16/h3-8,11,13,17,21,29H,9-10,12,28H2,1-2H3/t17?,21-/m1/s1. The first-order valence-electron chi connectivity index (χ1n) is 10.6. The van der Waals surface area contributed by atoms with Gasteiger partial charge in [0.2, 0.25) is 0 Å². The molecule has 0 spiro atoms. The van der Waals surface area contributed by atoms with Crippen LogP contribution in [-0.4, -0.2) is 21.9 Å². The Balaban J connectivity index is 1.86. The molecule has 0 bridgehead atoms. The van der Waals surface area contributed by atoms with Gasteiger partial charge in [-0.2, -0.15) is 0 Å². The van der Waals surface area contributed by atoms with E-state index in [1.54, 1.807) is 18.2 Å². The number of carbonyl (C=O) groups excluding carboxylic acids is 1. The lowest BCUT2D eigenvalue weighted by Gasteiger charge is -2.34. The number of rotatable bonds is 6. The molecule has 0 saturated carbocycles. The summed E-state index contributed by atoms with van der Waals surface area (Å²) in [6.07, 6.45) is 0.634. The monoisotopic (exact) mass is 458 g/mol. The van der Waals surface area contributed by atoms with E-state index in [1.807, 2.05) is 4.57 Å². The molecule has 168 valence electrons. The molecule has 2 aromatic carbocycles. The van der Waals surface area contributed by atoms with Crippen molar-refractivity contribution in [3.8, 4) is 11.3 Å². The van der Waals surface area contributed by atoms with E-state index in [1.165, 1.54) is 24.3 Å². The summed E-state index contributed by atoms with van der Waals surface area (Å²) in [5.41, 5.74) is 7.53. The van der Waals surface area contributed by atoms with E-state index in [-0.39, 0.29) is 40.9 Å². The Labute approximate surface area is 190 Å². The van der Waals surface area contributed by atoms with Crippen LogP contribution in [-0.2, 0) is 11.3 Å². The zero-order valence-corrected chi connectivity index (χ0v) is 18.7. The number of ketones is 1. The number of imidazole rings is 1. The normalized spacial score (nSPS) is 18.0. The molecule has 2 heterocycles. The van der Waals surface area contributed by atoms with Crippen LogP contribution >= 0.6 is 11.6 Å². The quantitative estimate of drug-likeness (QED) is 0.510. The van der Waals surface area contributed by atoms with E-state index >= 15 is 0 Å². The fraction of sp³-hybridized carbons (Fsp3) is 0.333. The Hall–Kier alpha value is -2.77. The summed E-state index contributed by atoms with van der Waals surface area (Å²) in [6.45, 7) is 4.67. The molecule has 1 aromatic heterocycles. The van der Waals surface area contributed by atoms with E-state index in [2.05, 4.69) is 19.2 Å². The molecule has 8 heteroatoms. The molecule has 1 aliphatic rings. The van der Waals surface area contributed by atoms with E-state index in [4.69, 9.17) is 22.3 Å². The Kier molecular flexibility index (Phi) is 6.31. The van der Waals surface area contributed by atoms with Crippen molar-refractivity contribution in [3.63, 3.8) is 0 Å². The number of fused-ring (bicyclic) bond motifs is 1. The molecule has 0 amide bonds. The van der Waals surface area contributed by atoms with Crippen LogP contribution < -0.4 is 11.1 Å². The van der Waals surface area contributed by atoms with Gasteiger partial charge in [-0.1, -0.05) is 25.4 Å². The van der Waals surface area contributed by atoms with Crippen LogP contribution in [0.3, 0.4) is 0 Å². The van der Waals surface area contributed by atoms with Crippen LogP contribution in [0.4, 0.5) is 20.3 Å². The van der Waals surface area contributed by atoms with Crippen LogP contribution in [0.25, 0.3) is 11.3 Å². The topological polar surface area (TPSA) is 72.9 Å². The highest BCUT2D eigenvalue weighted by atomic mass is 35.5. The number of Topliss-reactive ketones (excluding diaryl/α,β-unsaturated/α-hetero) is 1. The molecule has 0 saturated heterocycles. The first kappa shape index (κ1) is 22.4. The number of hydrogen-bond acceptors (Lipinski definition) is 4. The second-order valence-electron chi connectivity index (χ2n) is 8.42. The van der Waals surface area contributed by atoms with Crippen molar-refractivity contribution in [1.29, 1.82) is 0 Å². The lowest BCUT2D eigenvalue weighted by molar-refractivity contribution is -0.123. The van der Waals surface area contributed by atoms with Crippen LogP contribution in [0.15, 0.2) is 42.5 Å². The maximum Gasteiger partial charge on any atom is 0.150 e. The number of halogens is 3. The summed E-state index contributed by atoms with van der Waals surface area (Å²) in [5, 5.41) is 3.31. The van der Waals surface area contributed by atoms with Crippen molar-refractivity contribution in [3.05, 3.63) is 64.9 Å². The average molecular weight is 459 g/mol. The molecule has 1 aliphatic heterocycles. The van der Waals surface area contributed by atoms with Crippen molar-refractivity contribution >= 4 is 28.9 Å². The molecular weight excluding hydrogens is 434 g/mol. The fourth-order valence-electron chi connectivity index (χ4n) is 4.50. The summed E-state index contributed by atoms with van der Waals surface area (Å²) in [6, 6.07) is 10.6. The van der Waals surface area contributed by atoms with Crippen LogP contribution in [0.5, 0.6) is 0 Å². The van der Waals surface area contributed by atoms with E-state index < -0.39 is 5.82 Å². The van der Waals surface area contributed by atoms with Gasteiger partial charge in [-0.15, -0.1) is 0 Å². The largest absolute Gasteiger partial charge is 0.340 e. The number of aromatic nitrogens is 2. The van der Waals surface area contributed by atoms with Gasteiger partial charge >= 0.3 is 0 Å². The summed E-state index contributed by atoms with van der Waals surface area (Å²) in [5.74, 6) is 0.405. The predicted octanol–water partition coefficient (Wildman–Crippen LogP) is 5.51. The van der Waals surface area contributed by atoms with Crippen molar-refractivity contribution in [2.75, 3.05) is 11.9 Å². The zero-order valence-electron chi connectivity index (χ0n) is 17.9. The highest BCUT2D eigenvalue weighted by Crippen LogP contribution is 2.43. The van der Waals surface area contributed by atoms with Crippen LogP contribution in [0.1, 0.15) is 32.0 Å². The Morgan fingerprint density at radius 2 is 1.97 bits per heavy atom. The minimum absolute atomic E-state index is 0.00538. The molecule has 5 nitrogen and oxygen atoms in total. The van der Waals surface area contributed by atoms with Crippen molar-refractivity contribution in [1.82, 2.24) is 9.55 Å². The molecule has 1 unspecified atom stereocenters. The highest BCUT2D eigenvalue weighted by Gasteiger charge is 2.39. The number of nitrogens with zero attached hydrogens (tertiary/aromatic N) is 2. The summed E-state index contributed by atoms with van der Waals surface area (Å²) >= 11 is 5.84. The van der Waals surface area contributed by atoms with Crippen molar-refractivity contribution in [2.24, 2.45) is 17.6 Å². The smallest absolute Gasteiger partial charge is 0.150 e. The fourth-order valence-corrected chi connectivity index (χ4v) is 4.62. The minimum Gasteiger partial charge on any atom is -0.340 e. The third kappa shape index (κ3) is 4.14. The van der Waals surface area contributed by atoms with Gasteiger partial charge in [0.25, 0.3) is 0 Å². The van der Waals surface area contributed by atoms with Crippen LogP contribution in [0, 0.1) is 23.5 Å². The maximum absolute atomic E-state index is 14.1. The summed E-state index contributed by atoms with van der Waals surface area (Å²) < 4.78 is 29.7. The number of hydrogen-bond donors (Lipinski definition) is 2. The highest BCUT2D eigenvalue weighted by molar-refractivity contribution is 6.30. The first-order valence-corrected chi connectivity index (χ1v) is 11.0. The molecule has 0 aliphatic carbocycles. The molecule has 0 radical (unpaired) electrons. The molecule has 2 atom stereocenters. The second-order valence-corrected chi connectivity index (χ2v) is 8.82. The predicted molar refractivity (Wildman–Crippen MR) is 122 cm³/mol. The zero-order chi connectivity index (χ0) is 23.0. The molecule has 3 aromatic rings.